The van der Waals surface area contributed by atoms with Crippen LogP contribution in [0.1, 0.15) is 5.56 Å². The smallest absolute Gasteiger partial charge is 0.306 e. The van der Waals surface area contributed by atoms with Gasteiger partial charge in [-0.05, 0) is 43.3 Å². The molecule has 0 saturated carbocycles. The van der Waals surface area contributed by atoms with E-state index in [0.29, 0.717) is 15.6 Å². The number of hydrogen-bond acceptors (Lipinski definition) is 2. The molecule has 2 amide bonds. The molecule has 21 heavy (non-hydrogen) atoms. The molecule has 0 fully saturated rings. The average Bonchev–Trinajstić information content (AvgIpc) is 2.41. The summed E-state index contributed by atoms with van der Waals surface area (Å²) in [6, 6.07) is 12.4. The number of amides is 2. The number of halogens is 2. The highest BCUT2D eigenvalue weighted by atomic mass is 35.7. The third kappa shape index (κ3) is 4.46. The molecule has 2 rings (SSSR count). The van der Waals surface area contributed by atoms with Crippen molar-refractivity contribution >= 4 is 42.9 Å². The number of urea groups is 1. The number of nitrogens with one attached hydrogen (secondary N) is 1. The van der Waals surface area contributed by atoms with Gasteiger partial charge in [0.05, 0.1) is 4.90 Å². The van der Waals surface area contributed by atoms with Crippen LogP contribution in [-0.2, 0) is 8.94 Å². The highest BCUT2D eigenvalue weighted by Crippen LogP contribution is 2.20. The molecular weight excluding hydrogens is 331 g/mol. The van der Waals surface area contributed by atoms with Gasteiger partial charge in [0.25, 0.3) is 0 Å². The van der Waals surface area contributed by atoms with Gasteiger partial charge in [-0.2, -0.15) is 0 Å². The predicted molar refractivity (Wildman–Crippen MR) is 86.3 cm³/mol. The molecule has 0 aromatic heterocycles. The SMILES string of the molecule is Cc1ccc(S(=O)(Cl)=NC(=O)Nc2ccc(Cl)cc2)cc1. The third-order valence-corrected chi connectivity index (χ3v) is 4.86. The van der Waals surface area contributed by atoms with E-state index in [1.165, 1.54) is 0 Å². The lowest BCUT2D eigenvalue weighted by Crippen LogP contribution is -2.08. The Morgan fingerprint density at radius 3 is 2.24 bits per heavy atom. The molecule has 1 N–H and O–H groups in total. The average molecular weight is 343 g/mol. The Balaban J connectivity index is 2.21. The number of nitrogens with zero attached hydrogens (tertiary/aromatic N) is 1. The van der Waals surface area contributed by atoms with Crippen LogP contribution >= 0.6 is 22.3 Å². The summed E-state index contributed by atoms with van der Waals surface area (Å²) in [5, 5.41) is 3.03. The van der Waals surface area contributed by atoms with Crippen LogP contribution in [0.4, 0.5) is 10.5 Å². The summed E-state index contributed by atoms with van der Waals surface area (Å²) in [5.74, 6) is 0. The normalized spacial score (nSPS) is 13.3. The first-order chi connectivity index (χ1) is 9.87. The van der Waals surface area contributed by atoms with Crippen LogP contribution in [0.25, 0.3) is 0 Å². The fourth-order valence-electron chi connectivity index (χ4n) is 1.54. The number of aryl methyl sites for hydroxylation is 1. The zero-order valence-corrected chi connectivity index (χ0v) is 13.4. The minimum atomic E-state index is -3.30. The zero-order valence-electron chi connectivity index (χ0n) is 11.0. The summed E-state index contributed by atoms with van der Waals surface area (Å²) in [7, 11) is 2.58. The van der Waals surface area contributed by atoms with Crippen molar-refractivity contribution in [2.45, 2.75) is 11.8 Å². The van der Waals surface area contributed by atoms with E-state index in [4.69, 9.17) is 22.3 Å². The number of rotatable bonds is 2. The minimum Gasteiger partial charge on any atom is -0.306 e. The summed E-state index contributed by atoms with van der Waals surface area (Å²) < 4.78 is 15.8. The highest BCUT2D eigenvalue weighted by Gasteiger charge is 2.12. The monoisotopic (exact) mass is 342 g/mol. The van der Waals surface area contributed by atoms with Crippen LogP contribution in [0.5, 0.6) is 0 Å². The van der Waals surface area contributed by atoms with Crippen LogP contribution in [-0.4, -0.2) is 10.2 Å². The van der Waals surface area contributed by atoms with E-state index in [0.717, 1.165) is 5.56 Å². The first-order valence-electron chi connectivity index (χ1n) is 5.97. The third-order valence-electron chi connectivity index (χ3n) is 2.61. The predicted octanol–water partition coefficient (Wildman–Crippen LogP) is 4.86. The Morgan fingerprint density at radius 2 is 1.67 bits per heavy atom. The van der Waals surface area contributed by atoms with Gasteiger partial charge in [-0.1, -0.05) is 29.3 Å². The van der Waals surface area contributed by atoms with Gasteiger partial charge in [0.15, 0.2) is 8.94 Å². The molecule has 2 aromatic carbocycles. The lowest BCUT2D eigenvalue weighted by atomic mass is 10.2. The maximum absolute atomic E-state index is 12.3. The van der Waals surface area contributed by atoms with Gasteiger partial charge >= 0.3 is 6.03 Å². The van der Waals surface area contributed by atoms with Gasteiger partial charge in [0, 0.05) is 21.4 Å². The van der Waals surface area contributed by atoms with Crippen molar-refractivity contribution in [3.8, 4) is 0 Å². The Bertz CT molecular complexity index is 765. The van der Waals surface area contributed by atoms with Crippen molar-refractivity contribution in [2.75, 3.05) is 5.32 Å². The molecule has 0 aliphatic rings. The summed E-state index contributed by atoms with van der Waals surface area (Å²) in [4.78, 5) is 12.1. The second-order valence-corrected chi connectivity index (χ2v) is 7.56. The van der Waals surface area contributed by atoms with Crippen molar-refractivity contribution in [3.63, 3.8) is 0 Å². The molecule has 7 heteroatoms. The Labute approximate surface area is 132 Å². The maximum atomic E-state index is 12.3. The number of anilines is 1. The first kappa shape index (κ1) is 15.8. The van der Waals surface area contributed by atoms with E-state index in [9.17, 15) is 9.00 Å². The lowest BCUT2D eigenvalue weighted by molar-refractivity contribution is 0.260. The molecule has 0 aliphatic carbocycles. The molecule has 1 atom stereocenters. The Hall–Kier alpha value is -1.56. The zero-order chi connectivity index (χ0) is 15.5. The minimum absolute atomic E-state index is 0.293. The number of carbonyl (C=O) groups excluding carboxylic acids is 1. The summed E-state index contributed by atoms with van der Waals surface area (Å²) in [6.45, 7) is 1.89. The quantitative estimate of drug-likeness (QED) is 0.792. The number of hydrogen-bond donors (Lipinski definition) is 1. The van der Waals surface area contributed by atoms with E-state index in [1.54, 1.807) is 48.5 Å². The van der Waals surface area contributed by atoms with Crippen molar-refractivity contribution in [1.82, 2.24) is 0 Å². The fraction of sp³-hybridized carbons (Fsp3) is 0.0714. The molecule has 110 valence electrons. The van der Waals surface area contributed by atoms with Gasteiger partial charge in [-0.3, -0.25) is 0 Å². The maximum Gasteiger partial charge on any atom is 0.354 e. The molecule has 0 spiro atoms. The molecule has 0 saturated heterocycles. The van der Waals surface area contributed by atoms with Gasteiger partial charge in [0.2, 0.25) is 0 Å². The standard InChI is InChI=1S/C14H12Cl2N2O2S/c1-10-2-8-13(9-3-10)21(16,20)18-14(19)17-12-6-4-11(15)5-7-12/h2-9H,1H3,(H,17,19). The number of carbonyl (C=O) groups is 1. The molecule has 0 radical (unpaired) electrons. The highest BCUT2D eigenvalue weighted by molar-refractivity contribution is 8.15. The van der Waals surface area contributed by atoms with Crippen LogP contribution in [0.2, 0.25) is 5.02 Å². The Kier molecular flexibility index (Phi) is 4.88. The van der Waals surface area contributed by atoms with E-state index in [2.05, 4.69) is 9.68 Å². The van der Waals surface area contributed by atoms with Crippen molar-refractivity contribution in [2.24, 2.45) is 4.36 Å². The second-order valence-electron chi connectivity index (χ2n) is 4.30. The van der Waals surface area contributed by atoms with E-state index < -0.39 is 15.0 Å². The number of benzene rings is 2. The molecular formula is C14H12Cl2N2O2S. The van der Waals surface area contributed by atoms with E-state index in [-0.39, 0.29) is 0 Å². The van der Waals surface area contributed by atoms with Crippen LogP contribution in [0.3, 0.4) is 0 Å². The van der Waals surface area contributed by atoms with Crippen molar-refractivity contribution in [1.29, 1.82) is 0 Å². The lowest BCUT2D eigenvalue weighted by Gasteiger charge is -2.04. The van der Waals surface area contributed by atoms with Gasteiger partial charge in [0.1, 0.15) is 0 Å². The van der Waals surface area contributed by atoms with E-state index >= 15 is 0 Å². The van der Waals surface area contributed by atoms with Crippen molar-refractivity contribution in [3.05, 3.63) is 59.1 Å². The topological polar surface area (TPSA) is 58.5 Å². The van der Waals surface area contributed by atoms with Crippen molar-refractivity contribution < 1.29 is 9.00 Å². The molecule has 0 heterocycles. The summed E-state index contributed by atoms with van der Waals surface area (Å²) >= 11 is 5.74. The molecule has 4 nitrogen and oxygen atoms in total. The molecule has 0 bridgehead atoms. The Morgan fingerprint density at radius 1 is 1.10 bits per heavy atom. The van der Waals surface area contributed by atoms with Gasteiger partial charge < -0.3 is 5.32 Å². The summed E-state index contributed by atoms with van der Waals surface area (Å²) in [6.07, 6.45) is 0. The molecule has 1 unspecified atom stereocenters. The van der Waals surface area contributed by atoms with Crippen LogP contribution < -0.4 is 5.32 Å². The fourth-order valence-corrected chi connectivity index (χ4v) is 3.00. The van der Waals surface area contributed by atoms with Gasteiger partial charge in [-0.25, -0.2) is 9.00 Å². The van der Waals surface area contributed by atoms with E-state index in [1.807, 2.05) is 6.92 Å². The van der Waals surface area contributed by atoms with Crippen LogP contribution in [0, 0.1) is 6.92 Å². The van der Waals surface area contributed by atoms with Crippen LogP contribution in [0.15, 0.2) is 57.8 Å². The molecule has 0 aliphatic heterocycles. The summed E-state index contributed by atoms with van der Waals surface area (Å²) in [5.41, 5.74) is 1.49. The largest absolute Gasteiger partial charge is 0.354 e. The van der Waals surface area contributed by atoms with Gasteiger partial charge in [-0.15, -0.1) is 4.36 Å². The first-order valence-corrected chi connectivity index (χ1v) is 8.69. The second kappa shape index (κ2) is 6.47. The molecule has 2 aromatic rings.